The Hall–Kier alpha value is -0.590. The van der Waals surface area contributed by atoms with Gasteiger partial charge in [0.25, 0.3) is 0 Å². The minimum atomic E-state index is -4.20. The van der Waals surface area contributed by atoms with Crippen molar-refractivity contribution in [2.45, 2.75) is 25.2 Å². The van der Waals surface area contributed by atoms with Gasteiger partial charge in [-0.2, -0.15) is 38.5 Å². The predicted molar refractivity (Wildman–Crippen MR) is 55.4 cm³/mol. The van der Waals surface area contributed by atoms with Crippen LogP contribution >= 0.6 is 0 Å². The quantitative estimate of drug-likeness (QED) is 0.287. The van der Waals surface area contributed by atoms with E-state index in [9.17, 15) is 26.3 Å². The molecule has 0 heterocycles. The van der Waals surface area contributed by atoms with E-state index in [1.54, 1.807) is 0 Å². The first-order valence-electron chi connectivity index (χ1n) is 4.90. The Bertz CT molecular complexity index is 378. The summed E-state index contributed by atoms with van der Waals surface area (Å²) >= 11 is 0. The van der Waals surface area contributed by atoms with Crippen molar-refractivity contribution in [3.05, 3.63) is 47.6 Å². The maximum atomic E-state index is 11.6. The van der Waals surface area contributed by atoms with Crippen LogP contribution in [0, 0.1) is 12.2 Å². The third kappa shape index (κ3) is 6.40. The van der Waals surface area contributed by atoms with Gasteiger partial charge >= 0.3 is 12.4 Å². The zero-order valence-corrected chi connectivity index (χ0v) is 13.1. The molecule has 0 aromatic carbocycles. The molecular weight excluding hydrogens is 437 g/mol. The second kappa shape index (κ2) is 7.26. The molecule has 0 bridgehead atoms. The van der Waals surface area contributed by atoms with E-state index in [2.05, 4.69) is 12.2 Å². The maximum absolute atomic E-state index is 11.6. The van der Waals surface area contributed by atoms with Crippen LogP contribution in [0.1, 0.15) is 15.7 Å². The normalized spacial score (nSPS) is 17.4. The van der Waals surface area contributed by atoms with Crippen LogP contribution in [0.15, 0.2) is 35.5 Å². The number of allylic oxidation sites excluding steroid dienone is 8. The fraction of sp³-hybridized carbons (Fsp3) is 0.333. The van der Waals surface area contributed by atoms with Gasteiger partial charge in [-0.3, -0.25) is 12.2 Å². The van der Waals surface area contributed by atoms with Crippen LogP contribution in [0.2, 0.25) is 0 Å². The summed E-state index contributed by atoms with van der Waals surface area (Å²) in [4.78, 5) is 0. The van der Waals surface area contributed by atoms with Gasteiger partial charge in [-0.1, -0.05) is 0 Å². The molecular formula is C12H10F6Hf-4. The number of halogens is 6. The molecule has 108 valence electrons. The molecule has 0 unspecified atom stereocenters. The Morgan fingerprint density at radius 1 is 0.789 bits per heavy atom. The molecule has 0 aromatic rings. The smallest absolute Gasteiger partial charge is 0.384 e. The van der Waals surface area contributed by atoms with E-state index in [0.717, 1.165) is 12.2 Å². The minimum absolute atomic E-state index is 0. The molecule has 0 saturated heterocycles. The minimum Gasteiger partial charge on any atom is -1.00 e. The topological polar surface area (TPSA) is 0 Å². The summed E-state index contributed by atoms with van der Waals surface area (Å²) in [6.07, 6.45) is 1.47. The van der Waals surface area contributed by atoms with E-state index in [-0.39, 0.29) is 41.5 Å². The van der Waals surface area contributed by atoms with Gasteiger partial charge in [-0.15, -0.1) is 24.0 Å². The number of rotatable bonds is 0. The van der Waals surface area contributed by atoms with E-state index in [0.29, 0.717) is 0 Å². The molecule has 0 nitrogen and oxygen atoms in total. The number of hydrogen-bond acceptors (Lipinski definition) is 0. The van der Waals surface area contributed by atoms with Gasteiger partial charge in [0, 0.05) is 25.8 Å². The predicted octanol–water partition coefficient (Wildman–Crippen LogP) is 4.70. The molecule has 0 aromatic heterocycles. The van der Waals surface area contributed by atoms with Crippen LogP contribution in [0.25, 0.3) is 0 Å². The van der Waals surface area contributed by atoms with Gasteiger partial charge in [0.2, 0.25) is 0 Å². The van der Waals surface area contributed by atoms with Gasteiger partial charge in [-0.25, -0.2) is 12.2 Å². The maximum Gasteiger partial charge on any atom is 0.384 e. The number of hydrogen-bond donors (Lipinski definition) is 0. The Morgan fingerprint density at radius 2 is 1.11 bits per heavy atom. The molecule has 7 heteroatoms. The fourth-order valence-electron chi connectivity index (χ4n) is 1.20. The molecule has 2 aliphatic rings. The van der Waals surface area contributed by atoms with Crippen LogP contribution in [0.3, 0.4) is 0 Å². The Kier molecular flexibility index (Phi) is 7.04. The molecule has 0 N–H and O–H groups in total. The zero-order valence-electron chi connectivity index (χ0n) is 11.5. The molecule has 19 heavy (non-hydrogen) atoms. The summed E-state index contributed by atoms with van der Waals surface area (Å²) in [6.45, 7) is 0. The third-order valence-corrected chi connectivity index (χ3v) is 2.00. The standard InChI is InChI=1S/2C6H4F3.Hf.2H/c2*7-6(8,9)5-3-1-2-4-5;;;/h2*1,3H,2H2;;;/q2*-1;;2*-1. The second-order valence-corrected chi connectivity index (χ2v) is 3.39. The summed E-state index contributed by atoms with van der Waals surface area (Å²) in [6, 6.07) is 0. The molecule has 2 rings (SSSR count). The first-order valence-corrected chi connectivity index (χ1v) is 4.90. The Morgan fingerprint density at radius 3 is 1.21 bits per heavy atom. The van der Waals surface area contributed by atoms with E-state index in [1.165, 1.54) is 12.2 Å². The van der Waals surface area contributed by atoms with E-state index >= 15 is 0 Å². The van der Waals surface area contributed by atoms with Gasteiger partial charge in [-0.05, 0) is 0 Å². The molecule has 2 aliphatic carbocycles. The summed E-state index contributed by atoms with van der Waals surface area (Å²) in [7, 11) is 0. The van der Waals surface area contributed by atoms with Crippen LogP contribution in [0.5, 0.6) is 0 Å². The van der Waals surface area contributed by atoms with Crippen LogP contribution in [-0.4, -0.2) is 12.4 Å². The summed E-state index contributed by atoms with van der Waals surface area (Å²) in [5.41, 5.74) is -1.30. The number of alkyl halides is 6. The van der Waals surface area contributed by atoms with Crippen LogP contribution < -0.4 is 0 Å². The van der Waals surface area contributed by atoms with Gasteiger partial charge < -0.3 is 2.85 Å². The molecule has 0 amide bonds. The first kappa shape index (κ1) is 18.4. The van der Waals surface area contributed by atoms with Crippen molar-refractivity contribution in [3.8, 4) is 0 Å². The van der Waals surface area contributed by atoms with Crippen molar-refractivity contribution in [1.29, 1.82) is 0 Å². The summed E-state index contributed by atoms with van der Waals surface area (Å²) < 4.78 is 69.7. The molecule has 0 atom stereocenters. The molecule has 0 radical (unpaired) electrons. The van der Waals surface area contributed by atoms with Crippen LogP contribution in [0.4, 0.5) is 26.3 Å². The fourth-order valence-corrected chi connectivity index (χ4v) is 1.20. The molecule has 0 fully saturated rings. The average molecular weight is 447 g/mol. The van der Waals surface area contributed by atoms with Gasteiger partial charge in [0.1, 0.15) is 0 Å². The van der Waals surface area contributed by atoms with Crippen molar-refractivity contribution in [1.82, 2.24) is 0 Å². The largest absolute Gasteiger partial charge is 1.00 e. The Balaban J connectivity index is -0.000000270. The van der Waals surface area contributed by atoms with Crippen LogP contribution in [-0.2, 0) is 25.8 Å². The van der Waals surface area contributed by atoms with E-state index in [1.807, 2.05) is 0 Å². The van der Waals surface area contributed by atoms with Crippen molar-refractivity contribution in [3.63, 3.8) is 0 Å². The van der Waals surface area contributed by atoms with Crippen molar-refractivity contribution in [2.24, 2.45) is 0 Å². The zero-order chi connectivity index (χ0) is 13.8. The average Bonchev–Trinajstić information content (AvgIpc) is 2.91. The summed E-state index contributed by atoms with van der Waals surface area (Å²) in [5.74, 6) is 0. The third-order valence-electron chi connectivity index (χ3n) is 2.00. The van der Waals surface area contributed by atoms with Gasteiger partial charge in [0.15, 0.2) is 0 Å². The van der Waals surface area contributed by atoms with Crippen molar-refractivity contribution in [2.75, 3.05) is 0 Å². The van der Waals surface area contributed by atoms with E-state index < -0.39 is 23.5 Å². The summed E-state index contributed by atoms with van der Waals surface area (Å²) in [5, 5.41) is 0. The molecule has 0 aliphatic heterocycles. The van der Waals surface area contributed by atoms with Crippen molar-refractivity contribution < 1.29 is 55.0 Å². The molecule has 0 spiro atoms. The van der Waals surface area contributed by atoms with Crippen molar-refractivity contribution >= 4 is 0 Å². The SMILES string of the molecule is FC(F)(F)C1=[C-]CC=C1.FC(F)(F)C1=[C-]CC=C1.[H-].[H-].[Hf]. The second-order valence-electron chi connectivity index (χ2n) is 3.39. The van der Waals surface area contributed by atoms with Gasteiger partial charge in [0.05, 0.1) is 0 Å². The first-order chi connectivity index (χ1) is 8.21. The molecule has 0 saturated carbocycles. The monoisotopic (exact) mass is 448 g/mol. The van der Waals surface area contributed by atoms with E-state index in [4.69, 9.17) is 0 Å². The Labute approximate surface area is 128 Å².